The summed E-state index contributed by atoms with van der Waals surface area (Å²) in [6.07, 6.45) is 0. The Bertz CT molecular complexity index is 3000. The van der Waals surface area contributed by atoms with Crippen molar-refractivity contribution in [3.8, 4) is 11.3 Å². The van der Waals surface area contributed by atoms with Crippen LogP contribution in [-0.4, -0.2) is 4.98 Å². The van der Waals surface area contributed by atoms with Gasteiger partial charge in [0.25, 0.3) is 0 Å². The van der Waals surface area contributed by atoms with E-state index >= 15 is 0 Å². The summed E-state index contributed by atoms with van der Waals surface area (Å²) in [6.45, 7) is 0. The molecule has 0 unspecified atom stereocenters. The molecule has 0 bridgehead atoms. The van der Waals surface area contributed by atoms with Crippen LogP contribution >= 0.6 is 22.7 Å². The number of benzene rings is 8. The lowest BCUT2D eigenvalue weighted by Gasteiger charge is -2.26. The third-order valence-electron chi connectivity index (χ3n) is 10.2. The predicted molar refractivity (Wildman–Crippen MR) is 223 cm³/mol. The molecule has 51 heavy (non-hydrogen) atoms. The van der Waals surface area contributed by atoms with Crippen LogP contribution in [0.4, 0.5) is 17.1 Å². The summed E-state index contributed by atoms with van der Waals surface area (Å²) < 4.78 is 5.27. The molecular weight excluding hydrogens is 657 g/mol. The number of aromatic nitrogens is 1. The summed E-state index contributed by atoms with van der Waals surface area (Å²) in [5.74, 6) is 0. The number of nitrogens with zero attached hydrogens (tertiary/aromatic N) is 2. The van der Waals surface area contributed by atoms with Crippen molar-refractivity contribution in [1.82, 2.24) is 4.98 Å². The second kappa shape index (κ2) is 11.2. The molecule has 0 aliphatic heterocycles. The molecule has 0 aliphatic rings. The van der Waals surface area contributed by atoms with Crippen molar-refractivity contribution in [2.24, 2.45) is 0 Å². The molecule has 0 saturated heterocycles. The van der Waals surface area contributed by atoms with Gasteiger partial charge in [-0.2, -0.15) is 0 Å². The van der Waals surface area contributed by atoms with E-state index in [0.29, 0.717) is 0 Å². The van der Waals surface area contributed by atoms with Crippen molar-refractivity contribution in [3.05, 3.63) is 170 Å². The molecule has 0 radical (unpaired) electrons. The lowest BCUT2D eigenvalue weighted by atomic mass is 10.0. The van der Waals surface area contributed by atoms with Crippen molar-refractivity contribution in [2.75, 3.05) is 4.90 Å². The zero-order valence-corrected chi connectivity index (χ0v) is 29.0. The van der Waals surface area contributed by atoms with E-state index in [2.05, 4.69) is 169 Å². The monoisotopic (exact) mass is 684 g/mol. The van der Waals surface area contributed by atoms with E-state index < -0.39 is 0 Å². The van der Waals surface area contributed by atoms with Crippen molar-refractivity contribution in [3.63, 3.8) is 0 Å². The van der Waals surface area contributed by atoms with Gasteiger partial charge >= 0.3 is 0 Å². The molecule has 0 saturated carbocycles. The van der Waals surface area contributed by atoms with Crippen LogP contribution in [0.25, 0.3) is 84.0 Å². The zero-order chi connectivity index (χ0) is 33.5. The second-order valence-electron chi connectivity index (χ2n) is 13.2. The first-order valence-electron chi connectivity index (χ1n) is 17.2. The van der Waals surface area contributed by atoms with Crippen LogP contribution < -0.4 is 4.90 Å². The minimum absolute atomic E-state index is 0.977. The Hall–Kier alpha value is -6.07. The molecule has 0 amide bonds. The minimum atomic E-state index is 0.977. The predicted octanol–water partition coefficient (Wildman–Crippen LogP) is 14.4. The molecule has 0 N–H and O–H groups in total. The SMILES string of the molecule is c1ccc2nc(-c3ccc(N(c4ccc5c(c4)sc4c6ccccc6ccc54)c4ccc5c(c4)sc4c6ccccc6ccc54)cc3)ccc2c1. The molecule has 238 valence electrons. The Morgan fingerprint density at radius 2 is 0.863 bits per heavy atom. The van der Waals surface area contributed by atoms with Crippen LogP contribution in [-0.2, 0) is 0 Å². The molecule has 8 aromatic carbocycles. The Morgan fingerprint density at radius 1 is 0.373 bits per heavy atom. The van der Waals surface area contributed by atoms with E-state index in [-0.39, 0.29) is 0 Å². The Morgan fingerprint density at radius 3 is 1.47 bits per heavy atom. The zero-order valence-electron chi connectivity index (χ0n) is 27.4. The average molecular weight is 685 g/mol. The molecule has 0 atom stereocenters. The number of para-hydroxylation sites is 1. The number of fused-ring (bicyclic) bond motifs is 11. The fraction of sp³-hybridized carbons (Fsp3) is 0. The van der Waals surface area contributed by atoms with E-state index in [1.54, 1.807) is 0 Å². The number of anilines is 3. The van der Waals surface area contributed by atoms with Gasteiger partial charge in [0.15, 0.2) is 0 Å². The van der Waals surface area contributed by atoms with Crippen LogP contribution in [0.2, 0.25) is 0 Å². The van der Waals surface area contributed by atoms with Gasteiger partial charge in [-0.25, -0.2) is 4.98 Å². The summed E-state index contributed by atoms with van der Waals surface area (Å²) in [5.41, 5.74) is 6.47. The third-order valence-corrected chi connectivity index (χ3v) is 12.6. The van der Waals surface area contributed by atoms with Crippen LogP contribution in [0, 0.1) is 0 Å². The molecule has 4 heteroatoms. The van der Waals surface area contributed by atoms with E-state index in [9.17, 15) is 0 Å². The molecule has 3 heterocycles. The highest BCUT2D eigenvalue weighted by Gasteiger charge is 2.18. The Kier molecular flexibility index (Phi) is 6.32. The van der Waals surface area contributed by atoms with E-state index in [1.807, 2.05) is 28.7 Å². The Balaban J connectivity index is 1.09. The topological polar surface area (TPSA) is 16.1 Å². The molecule has 0 fully saturated rings. The van der Waals surface area contributed by atoms with Gasteiger partial charge in [0.2, 0.25) is 0 Å². The highest BCUT2D eigenvalue weighted by molar-refractivity contribution is 7.27. The van der Waals surface area contributed by atoms with Gasteiger partial charge in [-0.1, -0.05) is 121 Å². The molecule has 2 nitrogen and oxygen atoms in total. The van der Waals surface area contributed by atoms with Gasteiger partial charge in [-0.15, -0.1) is 22.7 Å². The number of rotatable bonds is 4. The van der Waals surface area contributed by atoms with E-state index in [0.717, 1.165) is 39.2 Å². The molecule has 11 rings (SSSR count). The van der Waals surface area contributed by atoms with Gasteiger partial charge < -0.3 is 4.90 Å². The first-order valence-corrected chi connectivity index (χ1v) is 18.8. The summed E-state index contributed by atoms with van der Waals surface area (Å²) in [7, 11) is 0. The molecular formula is C47H28N2S2. The van der Waals surface area contributed by atoms with Crippen molar-refractivity contribution < 1.29 is 0 Å². The van der Waals surface area contributed by atoms with Crippen molar-refractivity contribution in [2.45, 2.75) is 0 Å². The van der Waals surface area contributed by atoms with Crippen LogP contribution in [0.3, 0.4) is 0 Å². The normalized spacial score (nSPS) is 11.9. The summed E-state index contributed by atoms with van der Waals surface area (Å²) in [4.78, 5) is 7.38. The molecule has 0 spiro atoms. The first-order chi connectivity index (χ1) is 25.2. The minimum Gasteiger partial charge on any atom is -0.310 e. The molecule has 3 aromatic heterocycles. The quantitative estimate of drug-likeness (QED) is 0.183. The number of thiophene rings is 2. The van der Waals surface area contributed by atoms with Crippen LogP contribution in [0.1, 0.15) is 0 Å². The maximum atomic E-state index is 4.98. The van der Waals surface area contributed by atoms with Crippen molar-refractivity contribution in [1.29, 1.82) is 0 Å². The fourth-order valence-electron chi connectivity index (χ4n) is 7.72. The largest absolute Gasteiger partial charge is 0.310 e. The highest BCUT2D eigenvalue weighted by Crippen LogP contribution is 2.45. The highest BCUT2D eigenvalue weighted by atomic mass is 32.1. The van der Waals surface area contributed by atoms with Crippen LogP contribution in [0.5, 0.6) is 0 Å². The number of hydrogen-bond acceptors (Lipinski definition) is 4. The summed E-state index contributed by atoms with van der Waals surface area (Å²) in [5, 5.41) is 11.6. The third kappa shape index (κ3) is 4.58. The number of hydrogen-bond donors (Lipinski definition) is 0. The smallest absolute Gasteiger partial charge is 0.0709 e. The van der Waals surface area contributed by atoms with Gasteiger partial charge in [0.1, 0.15) is 0 Å². The average Bonchev–Trinajstić information content (AvgIpc) is 3.76. The van der Waals surface area contributed by atoms with Gasteiger partial charge in [-0.3, -0.25) is 0 Å². The van der Waals surface area contributed by atoms with Crippen LogP contribution in [0.15, 0.2) is 170 Å². The van der Waals surface area contributed by atoms with E-state index in [4.69, 9.17) is 4.98 Å². The van der Waals surface area contributed by atoms with Gasteiger partial charge in [-0.05, 0) is 70.1 Å². The standard InChI is InChI=1S/C47H28N2S2/c1-4-10-36-29(7-1)15-22-40-38-24-20-34(27-44(38)50-46(36)40)49(33-18-13-32(14-19-33)43-26-17-31-9-3-6-12-42(31)48-43)35-21-25-39-41-23-16-30-8-2-5-11-37(30)47(41)51-45(39)28-35/h1-28H. The summed E-state index contributed by atoms with van der Waals surface area (Å²) in [6, 6.07) is 61.9. The maximum Gasteiger partial charge on any atom is 0.0709 e. The summed E-state index contributed by atoms with van der Waals surface area (Å²) >= 11 is 3.77. The fourth-order valence-corrected chi connectivity index (χ4v) is 10.3. The Labute approximate surface area is 302 Å². The maximum absolute atomic E-state index is 4.98. The van der Waals surface area contributed by atoms with E-state index in [1.165, 1.54) is 61.9 Å². The van der Waals surface area contributed by atoms with Gasteiger partial charge in [0, 0.05) is 68.4 Å². The lowest BCUT2D eigenvalue weighted by Crippen LogP contribution is -2.09. The van der Waals surface area contributed by atoms with Crippen molar-refractivity contribution >= 4 is 113 Å². The lowest BCUT2D eigenvalue weighted by molar-refractivity contribution is 1.29. The molecule has 11 aromatic rings. The van der Waals surface area contributed by atoms with Gasteiger partial charge in [0.05, 0.1) is 11.2 Å². The second-order valence-corrected chi connectivity index (χ2v) is 15.3. The first kappa shape index (κ1) is 28.7. The number of pyridine rings is 1. The molecule has 0 aliphatic carbocycles.